The quantitative estimate of drug-likeness (QED) is 0.299. The molecule has 0 amide bonds. The average Bonchev–Trinajstić information content (AvgIpc) is 2.23. The predicted octanol–water partition coefficient (Wildman–Crippen LogP) is 1.26. The zero-order chi connectivity index (χ0) is 12.8. The second-order valence-corrected chi connectivity index (χ2v) is 4.87. The van der Waals surface area contributed by atoms with Crippen LogP contribution in [-0.2, 0) is 4.74 Å². The molecule has 0 aliphatic carbocycles. The van der Waals surface area contributed by atoms with Crippen molar-refractivity contribution in [3.8, 4) is 0 Å². The summed E-state index contributed by atoms with van der Waals surface area (Å²) in [5.74, 6) is 0.240. The van der Waals surface area contributed by atoms with E-state index in [1.165, 1.54) is 0 Å². The topological polar surface area (TPSA) is 71.1 Å². The van der Waals surface area contributed by atoms with Crippen LogP contribution >= 0.6 is 0 Å². The van der Waals surface area contributed by atoms with Gasteiger partial charge in [-0.15, -0.1) is 0 Å². The fourth-order valence-electron chi connectivity index (χ4n) is 1.27. The summed E-state index contributed by atoms with van der Waals surface area (Å²) in [6, 6.07) is 0.355. The number of ether oxygens (including phenoxy) is 1. The third-order valence-electron chi connectivity index (χ3n) is 2.78. The molecule has 0 aromatic rings. The monoisotopic (exact) mass is 231 g/mol. The molecule has 0 aliphatic rings. The minimum atomic E-state index is -0.141. The van der Waals surface area contributed by atoms with Crippen molar-refractivity contribution in [2.24, 2.45) is 10.9 Å². The van der Waals surface area contributed by atoms with Gasteiger partial charge in [-0.3, -0.25) is 4.90 Å². The van der Waals surface area contributed by atoms with Gasteiger partial charge in [-0.05, 0) is 34.1 Å². The van der Waals surface area contributed by atoms with Crippen molar-refractivity contribution in [2.45, 2.75) is 45.8 Å². The molecule has 0 fully saturated rings. The van der Waals surface area contributed by atoms with Crippen LogP contribution in [0.15, 0.2) is 5.16 Å². The molecule has 0 saturated heterocycles. The van der Waals surface area contributed by atoms with Crippen molar-refractivity contribution in [1.29, 1.82) is 0 Å². The van der Waals surface area contributed by atoms with Gasteiger partial charge in [-0.25, -0.2) is 0 Å². The Bertz CT molecular complexity index is 227. The predicted molar refractivity (Wildman–Crippen MR) is 65.8 cm³/mol. The normalized spacial score (nSPS) is 13.8. The van der Waals surface area contributed by atoms with Crippen LogP contribution in [0.2, 0.25) is 0 Å². The maximum Gasteiger partial charge on any atom is 0.153 e. The van der Waals surface area contributed by atoms with Crippen LogP contribution in [0.3, 0.4) is 0 Å². The van der Waals surface area contributed by atoms with Crippen LogP contribution in [0.5, 0.6) is 0 Å². The second kappa shape index (κ2) is 6.70. The van der Waals surface area contributed by atoms with E-state index in [0.717, 1.165) is 13.0 Å². The minimum Gasteiger partial charge on any atom is -0.409 e. The molecule has 0 aromatic heterocycles. The first-order chi connectivity index (χ1) is 7.32. The van der Waals surface area contributed by atoms with E-state index in [9.17, 15) is 0 Å². The van der Waals surface area contributed by atoms with Gasteiger partial charge in [0, 0.05) is 19.7 Å². The first-order valence-corrected chi connectivity index (χ1v) is 5.58. The molecule has 0 spiro atoms. The van der Waals surface area contributed by atoms with Crippen molar-refractivity contribution < 1.29 is 9.94 Å². The molecule has 96 valence electrons. The Labute approximate surface area is 98.2 Å². The molecule has 0 unspecified atom stereocenters. The Kier molecular flexibility index (Phi) is 6.36. The lowest BCUT2D eigenvalue weighted by atomic mass is 10.0. The van der Waals surface area contributed by atoms with Crippen molar-refractivity contribution in [3.05, 3.63) is 0 Å². The highest BCUT2D eigenvalue weighted by Gasteiger charge is 2.19. The van der Waals surface area contributed by atoms with E-state index in [1.807, 2.05) is 0 Å². The summed E-state index contributed by atoms with van der Waals surface area (Å²) in [7, 11) is 1.71. The molecule has 0 saturated carbocycles. The maximum atomic E-state index is 8.55. The lowest BCUT2D eigenvalue weighted by Crippen LogP contribution is -2.41. The maximum absolute atomic E-state index is 8.55. The average molecular weight is 231 g/mol. The number of methoxy groups -OCH3 is 1. The van der Waals surface area contributed by atoms with Crippen molar-refractivity contribution in [2.75, 3.05) is 20.2 Å². The highest BCUT2D eigenvalue weighted by molar-refractivity contribution is 5.81. The van der Waals surface area contributed by atoms with Crippen LogP contribution < -0.4 is 5.73 Å². The smallest absolute Gasteiger partial charge is 0.153 e. The standard InChI is InChI=1S/C11H25N3O2/c1-9(2)14(8-10(12)13-15)7-6-11(3,4)16-5/h9,15H,6-8H2,1-5H3,(H2,12,13). The summed E-state index contributed by atoms with van der Waals surface area (Å²) >= 11 is 0. The Morgan fingerprint density at radius 1 is 1.50 bits per heavy atom. The number of amidine groups is 1. The summed E-state index contributed by atoms with van der Waals surface area (Å²) < 4.78 is 5.36. The first-order valence-electron chi connectivity index (χ1n) is 5.58. The fraction of sp³-hybridized carbons (Fsp3) is 0.909. The van der Waals surface area contributed by atoms with E-state index in [0.29, 0.717) is 12.6 Å². The molecule has 0 radical (unpaired) electrons. The molecule has 3 N–H and O–H groups in total. The number of rotatable bonds is 7. The fourth-order valence-corrected chi connectivity index (χ4v) is 1.27. The Hall–Kier alpha value is -0.810. The van der Waals surface area contributed by atoms with Crippen molar-refractivity contribution >= 4 is 5.84 Å². The van der Waals surface area contributed by atoms with Crippen LogP contribution in [0.4, 0.5) is 0 Å². The molecule has 0 heterocycles. The zero-order valence-corrected chi connectivity index (χ0v) is 11.0. The highest BCUT2D eigenvalue weighted by Crippen LogP contribution is 2.14. The molecular formula is C11H25N3O2. The Morgan fingerprint density at radius 3 is 2.44 bits per heavy atom. The van der Waals surface area contributed by atoms with Crippen molar-refractivity contribution in [3.63, 3.8) is 0 Å². The number of nitrogens with zero attached hydrogens (tertiary/aromatic N) is 2. The Morgan fingerprint density at radius 2 is 2.06 bits per heavy atom. The molecule has 0 aliphatic heterocycles. The molecule has 5 nitrogen and oxygen atoms in total. The first kappa shape index (κ1) is 15.2. The summed E-state index contributed by atoms with van der Waals surface area (Å²) in [5.41, 5.74) is 5.37. The largest absolute Gasteiger partial charge is 0.409 e. The minimum absolute atomic E-state index is 0.141. The number of hydrogen-bond donors (Lipinski definition) is 2. The summed E-state index contributed by atoms with van der Waals surface area (Å²) in [6.45, 7) is 9.61. The van der Waals surface area contributed by atoms with Crippen LogP contribution in [-0.4, -0.2) is 47.8 Å². The van der Waals surface area contributed by atoms with Crippen LogP contribution in [0.1, 0.15) is 34.1 Å². The molecule has 0 bridgehead atoms. The van der Waals surface area contributed by atoms with Gasteiger partial charge in [-0.2, -0.15) is 0 Å². The van der Waals surface area contributed by atoms with Gasteiger partial charge in [0.1, 0.15) is 0 Å². The van der Waals surface area contributed by atoms with E-state index >= 15 is 0 Å². The highest BCUT2D eigenvalue weighted by atomic mass is 16.5. The van der Waals surface area contributed by atoms with Gasteiger partial charge >= 0.3 is 0 Å². The van der Waals surface area contributed by atoms with Gasteiger partial charge < -0.3 is 15.7 Å². The lowest BCUT2D eigenvalue weighted by molar-refractivity contribution is 0.00641. The Balaban J connectivity index is 4.25. The van der Waals surface area contributed by atoms with E-state index in [-0.39, 0.29) is 11.4 Å². The van der Waals surface area contributed by atoms with Gasteiger partial charge in [0.05, 0.1) is 12.1 Å². The lowest BCUT2D eigenvalue weighted by Gasteiger charge is -2.30. The molecule has 5 heteroatoms. The summed E-state index contributed by atoms with van der Waals surface area (Å²) in [4.78, 5) is 2.15. The van der Waals surface area contributed by atoms with E-state index in [2.05, 4.69) is 37.8 Å². The van der Waals surface area contributed by atoms with Gasteiger partial charge in [-0.1, -0.05) is 5.16 Å². The van der Waals surface area contributed by atoms with Crippen LogP contribution in [0.25, 0.3) is 0 Å². The SMILES string of the molecule is COC(C)(C)CCN(CC(N)=NO)C(C)C. The molecule has 0 rings (SSSR count). The third-order valence-corrected chi connectivity index (χ3v) is 2.78. The zero-order valence-electron chi connectivity index (χ0n) is 11.0. The number of nitrogens with two attached hydrogens (primary N) is 1. The number of oxime groups is 1. The summed E-state index contributed by atoms with van der Waals surface area (Å²) in [6.07, 6.45) is 0.903. The third kappa shape index (κ3) is 5.92. The molecule has 0 aromatic carbocycles. The molecule has 16 heavy (non-hydrogen) atoms. The van der Waals surface area contributed by atoms with E-state index in [1.54, 1.807) is 7.11 Å². The van der Waals surface area contributed by atoms with Gasteiger partial charge in [0.15, 0.2) is 5.84 Å². The molecule has 0 atom stereocenters. The molecular weight excluding hydrogens is 206 g/mol. The van der Waals surface area contributed by atoms with Crippen molar-refractivity contribution in [1.82, 2.24) is 4.90 Å². The van der Waals surface area contributed by atoms with Gasteiger partial charge in [0.2, 0.25) is 0 Å². The second-order valence-electron chi connectivity index (χ2n) is 4.87. The summed E-state index contributed by atoms with van der Waals surface area (Å²) in [5, 5.41) is 11.5. The van der Waals surface area contributed by atoms with E-state index in [4.69, 9.17) is 15.7 Å². The van der Waals surface area contributed by atoms with E-state index < -0.39 is 0 Å². The van der Waals surface area contributed by atoms with Crippen LogP contribution in [0, 0.1) is 0 Å². The number of hydrogen-bond acceptors (Lipinski definition) is 4. The van der Waals surface area contributed by atoms with Gasteiger partial charge in [0.25, 0.3) is 0 Å².